The maximum Gasteiger partial charge on any atom is 0.331 e. The Morgan fingerprint density at radius 1 is 1.00 bits per heavy atom. The fraction of sp³-hybridized carbons (Fsp3) is 0.457. The van der Waals surface area contributed by atoms with Crippen molar-refractivity contribution >= 4 is 23.7 Å². The van der Waals surface area contributed by atoms with E-state index in [1.54, 1.807) is 38.1 Å². The fourth-order valence-electron chi connectivity index (χ4n) is 10.7. The Morgan fingerprint density at radius 2 is 1.77 bits per heavy atom. The molecule has 7 aliphatic heterocycles. The number of hydrogen-bond donors (Lipinski definition) is 1. The fourth-order valence-corrected chi connectivity index (χ4v) is 12.4. The molecule has 2 saturated heterocycles. The third-order valence-electron chi connectivity index (χ3n) is 13.1. The van der Waals surface area contributed by atoms with Crippen LogP contribution in [0.25, 0.3) is 0 Å². The second-order valence-electron chi connectivity index (χ2n) is 16.2. The average Bonchev–Trinajstić information content (AvgIpc) is 3.74. The van der Waals surface area contributed by atoms with Crippen molar-refractivity contribution in [3.63, 3.8) is 0 Å². The van der Waals surface area contributed by atoms with E-state index in [0.29, 0.717) is 70.8 Å². The van der Waals surface area contributed by atoms with Gasteiger partial charge in [-0.15, -0.1) is 11.8 Å². The van der Waals surface area contributed by atoms with Gasteiger partial charge in [0, 0.05) is 53.6 Å². The molecule has 1 N–H and O–H groups in total. The summed E-state index contributed by atoms with van der Waals surface area (Å²) in [5, 5.41) is 14.4. The molecule has 7 heterocycles. The average molecular weight is 851 g/mol. The largest absolute Gasteiger partial charge is 0.493 e. The molecule has 14 nitrogen and oxygen atoms in total. The van der Waals surface area contributed by atoms with E-state index in [2.05, 4.69) is 47.5 Å². The van der Waals surface area contributed by atoms with Gasteiger partial charge in [-0.3, -0.25) is 19.9 Å². The van der Waals surface area contributed by atoms with Crippen molar-refractivity contribution in [1.29, 1.82) is 5.26 Å². The van der Waals surface area contributed by atoms with Crippen molar-refractivity contribution in [2.45, 2.75) is 74.6 Å². The number of aryl methyl sites for hydroxylation is 1. The molecule has 0 aliphatic carbocycles. The summed E-state index contributed by atoms with van der Waals surface area (Å²) >= 11 is 1.55. The lowest BCUT2D eigenvalue weighted by atomic mass is 9.71. The van der Waals surface area contributed by atoms with E-state index in [1.807, 2.05) is 26.0 Å². The third kappa shape index (κ3) is 6.16. The molecule has 4 bridgehead atoms. The number of carbonyl (C=O) groups is 2. The second kappa shape index (κ2) is 15.8. The third-order valence-corrected chi connectivity index (χ3v) is 14.6. The van der Waals surface area contributed by atoms with Crippen LogP contribution in [0, 0.1) is 25.2 Å². The lowest BCUT2D eigenvalue weighted by molar-refractivity contribution is -0.157. The van der Waals surface area contributed by atoms with Crippen molar-refractivity contribution in [3.05, 3.63) is 88.0 Å². The normalized spacial score (nSPS) is 27.0. The van der Waals surface area contributed by atoms with Gasteiger partial charge in [-0.2, -0.15) is 5.26 Å². The summed E-state index contributed by atoms with van der Waals surface area (Å²) in [6.45, 7) is 13.8. The highest BCUT2D eigenvalue weighted by atomic mass is 32.2. The topological polar surface area (TPSA) is 150 Å². The molecule has 7 atom stereocenters. The number of methoxy groups -OCH3 is 2. The van der Waals surface area contributed by atoms with E-state index in [0.717, 1.165) is 33.4 Å². The quantitative estimate of drug-likeness (QED) is 0.159. The van der Waals surface area contributed by atoms with Gasteiger partial charge in [0.1, 0.15) is 31.6 Å². The number of piperazine rings is 1. The molecule has 7 aliphatic rings. The first kappa shape index (κ1) is 41.0. The summed E-state index contributed by atoms with van der Waals surface area (Å²) in [7, 11) is 5.28. The van der Waals surface area contributed by atoms with Crippen molar-refractivity contribution in [1.82, 2.24) is 15.1 Å². The first-order valence-electron chi connectivity index (χ1n) is 20.5. The number of nitriles is 1. The highest BCUT2D eigenvalue weighted by Crippen LogP contribution is 2.65. The van der Waals surface area contributed by atoms with Crippen molar-refractivity contribution in [2.24, 2.45) is 0 Å². The standard InChI is InChI=1S/C46H50N4O10S/c1-9-13-55-33-17-26-11-12-48-46(28(26)18-32(33)53-7)21-61-44-36-35(43-41(58-22-59-43)24(4)40(36)60-25(5)51)31(20-57-45(46)52)50-30(19-47)29-16-27-15-23(3)39(54-8)42(56-14-10-2)34(27)37(38(44)50)49(29)6/h9-10,15,17-18,29-31,37-38,44,48H,1-2,11-14,16,20-22H2,3-8H3/t29-,30+,31-,37-,38?,44-,46-/m1/s1. The summed E-state index contributed by atoms with van der Waals surface area (Å²) < 4.78 is 49.7. The van der Waals surface area contributed by atoms with Crippen LogP contribution < -0.4 is 38.5 Å². The van der Waals surface area contributed by atoms with Gasteiger partial charge in [0.15, 0.2) is 40.0 Å². The number of hydrogen-bond acceptors (Lipinski definition) is 15. The van der Waals surface area contributed by atoms with Crippen LogP contribution in [0.15, 0.2) is 43.5 Å². The number of esters is 2. The molecule has 0 amide bonds. The minimum Gasteiger partial charge on any atom is -0.493 e. The molecule has 0 radical (unpaired) electrons. The maximum absolute atomic E-state index is 15.0. The van der Waals surface area contributed by atoms with E-state index in [4.69, 9.17) is 37.9 Å². The SMILES string of the molecule is C=CCOc1cc2c(cc1OC)[C@@]1(CS[C@@H]3c4c(OC(C)=O)c(C)c5c(c4[C@@H](COC1=O)N1C3[C@H]3c4c(cc(C)c(OC)c4OCC=C)C[C@H]([C@@H]1C#N)N3C)OCO5)NCC2. The highest BCUT2D eigenvalue weighted by molar-refractivity contribution is 7.99. The first-order valence-corrected chi connectivity index (χ1v) is 21.5. The van der Waals surface area contributed by atoms with Crippen LogP contribution in [-0.4, -0.2) is 100 Å². The van der Waals surface area contributed by atoms with Crippen LogP contribution in [0.2, 0.25) is 0 Å². The minimum absolute atomic E-state index is 0.0454. The van der Waals surface area contributed by atoms with Gasteiger partial charge >= 0.3 is 11.9 Å². The number of nitrogens with zero attached hydrogens (tertiary/aromatic N) is 3. The molecule has 320 valence electrons. The van der Waals surface area contributed by atoms with Gasteiger partial charge in [-0.1, -0.05) is 31.4 Å². The van der Waals surface area contributed by atoms with E-state index in [9.17, 15) is 10.1 Å². The van der Waals surface area contributed by atoms with Crippen LogP contribution >= 0.6 is 11.8 Å². The molecule has 2 fully saturated rings. The lowest BCUT2D eigenvalue weighted by Crippen LogP contribution is -2.69. The number of likely N-dealkylation sites (N-methyl/N-ethyl adjacent to an activating group) is 1. The maximum atomic E-state index is 15.0. The van der Waals surface area contributed by atoms with Gasteiger partial charge in [0.25, 0.3) is 0 Å². The van der Waals surface area contributed by atoms with Gasteiger partial charge < -0.3 is 37.9 Å². The molecule has 61 heavy (non-hydrogen) atoms. The van der Waals surface area contributed by atoms with Crippen LogP contribution in [-0.2, 0) is 32.7 Å². The number of rotatable bonds is 9. The molecule has 1 spiro atoms. The van der Waals surface area contributed by atoms with Crippen LogP contribution in [0.5, 0.6) is 40.2 Å². The molecule has 3 aromatic rings. The van der Waals surface area contributed by atoms with Crippen molar-refractivity contribution < 1.29 is 47.5 Å². The predicted molar refractivity (Wildman–Crippen MR) is 226 cm³/mol. The zero-order valence-electron chi connectivity index (χ0n) is 35.3. The Hall–Kier alpha value is -5.40. The summed E-state index contributed by atoms with van der Waals surface area (Å²) in [5.74, 6) is 2.85. The Kier molecular flexibility index (Phi) is 10.6. The van der Waals surface area contributed by atoms with E-state index < -0.39 is 40.9 Å². The van der Waals surface area contributed by atoms with E-state index in [1.165, 1.54) is 6.92 Å². The van der Waals surface area contributed by atoms with Gasteiger partial charge in [0.05, 0.1) is 37.6 Å². The lowest BCUT2D eigenvalue weighted by Gasteiger charge is -2.62. The first-order chi connectivity index (χ1) is 29.5. The molecule has 15 heteroatoms. The number of carbonyl (C=O) groups excluding carboxylic acids is 2. The van der Waals surface area contributed by atoms with Crippen LogP contribution in [0.4, 0.5) is 0 Å². The Morgan fingerprint density at radius 3 is 2.49 bits per heavy atom. The number of nitrogens with one attached hydrogen (secondary N) is 1. The summed E-state index contributed by atoms with van der Waals surface area (Å²) in [4.78, 5) is 32.7. The molecule has 1 unspecified atom stereocenters. The number of thioether (sulfide) groups is 1. The van der Waals surface area contributed by atoms with Gasteiger partial charge in [0.2, 0.25) is 6.79 Å². The monoisotopic (exact) mass is 850 g/mol. The van der Waals surface area contributed by atoms with E-state index >= 15 is 4.79 Å². The highest BCUT2D eigenvalue weighted by Gasteiger charge is 2.62. The Labute approximate surface area is 359 Å². The predicted octanol–water partition coefficient (Wildman–Crippen LogP) is 5.71. The smallest absolute Gasteiger partial charge is 0.331 e. The number of ether oxygens (including phenoxy) is 8. The Balaban J connectivity index is 1.32. The second-order valence-corrected chi connectivity index (χ2v) is 17.4. The molecular weight excluding hydrogens is 801 g/mol. The molecule has 0 saturated carbocycles. The molecular formula is C46H50N4O10S. The van der Waals surface area contributed by atoms with Crippen molar-refractivity contribution in [3.8, 4) is 46.3 Å². The van der Waals surface area contributed by atoms with Crippen LogP contribution in [0.3, 0.4) is 0 Å². The zero-order valence-corrected chi connectivity index (χ0v) is 36.1. The molecule has 0 aromatic heterocycles. The summed E-state index contributed by atoms with van der Waals surface area (Å²) in [6, 6.07) is 6.20. The van der Waals surface area contributed by atoms with Crippen molar-refractivity contribution in [2.75, 3.05) is 60.2 Å². The van der Waals surface area contributed by atoms with Gasteiger partial charge in [-0.05, 0) is 68.1 Å². The van der Waals surface area contributed by atoms with E-state index in [-0.39, 0.29) is 44.5 Å². The summed E-state index contributed by atoms with van der Waals surface area (Å²) in [6.07, 6.45) is 4.58. The Bertz CT molecular complexity index is 2400. The molecule has 3 aromatic carbocycles. The minimum atomic E-state index is -1.32. The van der Waals surface area contributed by atoms with Gasteiger partial charge in [-0.25, -0.2) is 4.79 Å². The zero-order chi connectivity index (χ0) is 42.9. The molecule has 10 rings (SSSR count). The number of fused-ring (bicyclic) bond motifs is 9. The van der Waals surface area contributed by atoms with Crippen LogP contribution in [0.1, 0.15) is 68.8 Å². The number of benzene rings is 3. The summed E-state index contributed by atoms with van der Waals surface area (Å²) in [5.41, 5.74) is 5.33.